The van der Waals surface area contributed by atoms with Gasteiger partial charge in [0.2, 0.25) is 0 Å². The number of ether oxygens (including phenoxy) is 1. The summed E-state index contributed by atoms with van der Waals surface area (Å²) >= 11 is 0. The number of rotatable bonds is 2. The standard InChI is InChI=1S/C16H14O2/c17-14-11-13-8-4-5-9-15(13)18-16(14)10-12-6-2-1-3-7-12/h1-9,16H,10-11H2. The molecule has 90 valence electrons. The Kier molecular flexibility index (Phi) is 2.85. The first-order valence-electron chi connectivity index (χ1n) is 6.14. The number of Topliss-reactive ketones (excluding diaryl/α,β-unsaturated/α-hetero) is 1. The predicted molar refractivity (Wildman–Crippen MR) is 69.7 cm³/mol. The van der Waals surface area contributed by atoms with Crippen LogP contribution in [-0.4, -0.2) is 11.9 Å². The lowest BCUT2D eigenvalue weighted by Crippen LogP contribution is -2.34. The number of carbonyl (C=O) groups excluding carboxylic acids is 1. The van der Waals surface area contributed by atoms with Gasteiger partial charge in [0.1, 0.15) is 5.75 Å². The molecule has 1 aliphatic heterocycles. The number of fused-ring (bicyclic) bond motifs is 1. The predicted octanol–water partition coefficient (Wildman–Crippen LogP) is 2.80. The van der Waals surface area contributed by atoms with E-state index in [1.807, 2.05) is 54.6 Å². The fourth-order valence-electron chi connectivity index (χ4n) is 2.27. The minimum Gasteiger partial charge on any atom is -0.482 e. The van der Waals surface area contributed by atoms with Gasteiger partial charge in [0.15, 0.2) is 11.9 Å². The monoisotopic (exact) mass is 238 g/mol. The molecule has 0 bridgehead atoms. The van der Waals surface area contributed by atoms with Gasteiger partial charge in [0, 0.05) is 18.4 Å². The third-order valence-corrected chi connectivity index (χ3v) is 3.23. The molecular weight excluding hydrogens is 224 g/mol. The zero-order chi connectivity index (χ0) is 12.4. The second kappa shape index (κ2) is 4.65. The van der Waals surface area contributed by atoms with Crippen LogP contribution in [0.1, 0.15) is 11.1 Å². The average Bonchev–Trinajstić information content (AvgIpc) is 2.41. The van der Waals surface area contributed by atoms with Gasteiger partial charge in [-0.05, 0) is 11.6 Å². The average molecular weight is 238 g/mol. The Morgan fingerprint density at radius 3 is 2.56 bits per heavy atom. The molecule has 2 aromatic rings. The van der Waals surface area contributed by atoms with Crippen LogP contribution < -0.4 is 4.74 Å². The molecular formula is C16H14O2. The number of carbonyl (C=O) groups is 1. The maximum atomic E-state index is 12.0. The van der Waals surface area contributed by atoms with Crippen molar-refractivity contribution < 1.29 is 9.53 Å². The van der Waals surface area contributed by atoms with Gasteiger partial charge >= 0.3 is 0 Å². The highest BCUT2D eigenvalue weighted by Crippen LogP contribution is 2.26. The van der Waals surface area contributed by atoms with Crippen LogP contribution in [0.5, 0.6) is 5.75 Å². The van der Waals surface area contributed by atoms with Crippen LogP contribution in [-0.2, 0) is 17.6 Å². The Hall–Kier alpha value is -2.09. The lowest BCUT2D eigenvalue weighted by Gasteiger charge is -2.24. The first kappa shape index (κ1) is 11.0. The molecule has 0 amide bonds. The van der Waals surface area contributed by atoms with Crippen LogP contribution in [0.4, 0.5) is 0 Å². The van der Waals surface area contributed by atoms with Crippen LogP contribution in [0.3, 0.4) is 0 Å². The summed E-state index contributed by atoms with van der Waals surface area (Å²) in [5.41, 5.74) is 2.13. The van der Waals surface area contributed by atoms with Crippen LogP contribution in [0, 0.1) is 0 Å². The summed E-state index contributed by atoms with van der Waals surface area (Å²) in [4.78, 5) is 12.0. The number of benzene rings is 2. The number of hydrogen-bond acceptors (Lipinski definition) is 2. The molecule has 1 aliphatic rings. The van der Waals surface area contributed by atoms with E-state index in [9.17, 15) is 4.79 Å². The van der Waals surface area contributed by atoms with E-state index in [1.54, 1.807) is 0 Å². The largest absolute Gasteiger partial charge is 0.482 e. The van der Waals surface area contributed by atoms with E-state index in [4.69, 9.17) is 4.74 Å². The van der Waals surface area contributed by atoms with Crippen molar-refractivity contribution >= 4 is 5.78 Å². The Morgan fingerprint density at radius 2 is 1.72 bits per heavy atom. The van der Waals surface area contributed by atoms with Gasteiger partial charge in [0.05, 0.1) is 0 Å². The Balaban J connectivity index is 1.81. The van der Waals surface area contributed by atoms with E-state index in [-0.39, 0.29) is 11.9 Å². The number of ketones is 1. The normalized spacial score (nSPS) is 18.0. The first-order chi connectivity index (χ1) is 8.83. The van der Waals surface area contributed by atoms with E-state index >= 15 is 0 Å². The molecule has 2 heteroatoms. The summed E-state index contributed by atoms with van der Waals surface area (Å²) in [7, 11) is 0. The van der Waals surface area contributed by atoms with E-state index in [2.05, 4.69) is 0 Å². The van der Waals surface area contributed by atoms with Crippen LogP contribution >= 0.6 is 0 Å². The molecule has 0 N–H and O–H groups in total. The molecule has 0 aromatic heterocycles. The molecule has 3 rings (SSSR count). The maximum absolute atomic E-state index is 12.0. The second-order valence-electron chi connectivity index (χ2n) is 4.55. The molecule has 0 fully saturated rings. The fourth-order valence-corrected chi connectivity index (χ4v) is 2.27. The molecule has 2 nitrogen and oxygen atoms in total. The van der Waals surface area contributed by atoms with E-state index < -0.39 is 0 Å². The zero-order valence-corrected chi connectivity index (χ0v) is 10.0. The molecule has 0 saturated carbocycles. The van der Waals surface area contributed by atoms with Gasteiger partial charge in [-0.15, -0.1) is 0 Å². The highest BCUT2D eigenvalue weighted by molar-refractivity contribution is 5.87. The Morgan fingerprint density at radius 1 is 1.00 bits per heavy atom. The van der Waals surface area contributed by atoms with Crippen molar-refractivity contribution in [2.24, 2.45) is 0 Å². The van der Waals surface area contributed by atoms with E-state index in [0.29, 0.717) is 12.8 Å². The fraction of sp³-hybridized carbons (Fsp3) is 0.188. The van der Waals surface area contributed by atoms with Crippen molar-refractivity contribution in [2.75, 3.05) is 0 Å². The maximum Gasteiger partial charge on any atom is 0.178 e. The molecule has 2 aromatic carbocycles. The lowest BCUT2D eigenvalue weighted by molar-refractivity contribution is -0.126. The minimum absolute atomic E-state index is 0.164. The summed E-state index contributed by atoms with van der Waals surface area (Å²) in [6.07, 6.45) is 0.782. The van der Waals surface area contributed by atoms with Crippen molar-refractivity contribution in [2.45, 2.75) is 18.9 Å². The highest BCUT2D eigenvalue weighted by atomic mass is 16.5. The summed E-state index contributed by atoms with van der Waals surface area (Å²) in [6.45, 7) is 0. The third kappa shape index (κ3) is 2.14. The first-order valence-corrected chi connectivity index (χ1v) is 6.14. The van der Waals surface area contributed by atoms with Crippen molar-refractivity contribution in [3.63, 3.8) is 0 Å². The number of hydrogen-bond donors (Lipinski definition) is 0. The topological polar surface area (TPSA) is 26.3 Å². The minimum atomic E-state index is -0.345. The molecule has 0 spiro atoms. The Labute approximate surface area is 106 Å². The van der Waals surface area contributed by atoms with Crippen molar-refractivity contribution in [3.8, 4) is 5.75 Å². The lowest BCUT2D eigenvalue weighted by atomic mass is 9.96. The zero-order valence-electron chi connectivity index (χ0n) is 10.0. The molecule has 1 unspecified atom stereocenters. The summed E-state index contributed by atoms with van der Waals surface area (Å²) < 4.78 is 5.80. The quantitative estimate of drug-likeness (QED) is 0.804. The number of para-hydroxylation sites is 1. The van der Waals surface area contributed by atoms with E-state index in [0.717, 1.165) is 16.9 Å². The molecule has 0 radical (unpaired) electrons. The van der Waals surface area contributed by atoms with Crippen LogP contribution in [0.2, 0.25) is 0 Å². The Bertz CT molecular complexity index is 560. The van der Waals surface area contributed by atoms with Gasteiger partial charge in [0.25, 0.3) is 0 Å². The van der Waals surface area contributed by atoms with Gasteiger partial charge in [-0.1, -0.05) is 48.5 Å². The molecule has 0 saturated heterocycles. The van der Waals surface area contributed by atoms with Gasteiger partial charge in [-0.2, -0.15) is 0 Å². The van der Waals surface area contributed by atoms with Crippen LogP contribution in [0.15, 0.2) is 54.6 Å². The molecule has 0 aliphatic carbocycles. The molecule has 1 heterocycles. The highest BCUT2D eigenvalue weighted by Gasteiger charge is 2.27. The molecule has 1 atom stereocenters. The summed E-state index contributed by atoms with van der Waals surface area (Å²) in [5, 5.41) is 0. The van der Waals surface area contributed by atoms with Gasteiger partial charge < -0.3 is 4.74 Å². The van der Waals surface area contributed by atoms with Crippen LogP contribution in [0.25, 0.3) is 0 Å². The van der Waals surface area contributed by atoms with Crippen molar-refractivity contribution in [1.82, 2.24) is 0 Å². The summed E-state index contributed by atoms with van der Waals surface area (Å²) in [6, 6.07) is 17.7. The van der Waals surface area contributed by atoms with Crippen molar-refractivity contribution in [3.05, 3.63) is 65.7 Å². The van der Waals surface area contributed by atoms with Crippen molar-refractivity contribution in [1.29, 1.82) is 0 Å². The smallest absolute Gasteiger partial charge is 0.178 e. The summed E-state index contributed by atoms with van der Waals surface area (Å²) in [5.74, 6) is 1.01. The SMILES string of the molecule is O=C1Cc2ccccc2OC1Cc1ccccc1. The molecule has 18 heavy (non-hydrogen) atoms. The van der Waals surface area contributed by atoms with E-state index in [1.165, 1.54) is 0 Å². The second-order valence-corrected chi connectivity index (χ2v) is 4.55. The third-order valence-electron chi connectivity index (χ3n) is 3.23. The van der Waals surface area contributed by atoms with Gasteiger partial charge in [-0.25, -0.2) is 0 Å². The van der Waals surface area contributed by atoms with Gasteiger partial charge in [-0.3, -0.25) is 4.79 Å².